The van der Waals surface area contributed by atoms with Crippen LogP contribution in [0.5, 0.6) is 5.75 Å². The van der Waals surface area contributed by atoms with Gasteiger partial charge in [0.05, 0.1) is 0 Å². The fourth-order valence-electron chi connectivity index (χ4n) is 3.21. The molecule has 0 amide bonds. The van der Waals surface area contributed by atoms with Crippen LogP contribution in [0.2, 0.25) is 0 Å². The summed E-state index contributed by atoms with van der Waals surface area (Å²) in [6.07, 6.45) is -4.89. The predicted octanol–water partition coefficient (Wildman–Crippen LogP) is 3.66. The molecule has 1 aliphatic rings. The van der Waals surface area contributed by atoms with Crippen molar-refractivity contribution in [2.24, 2.45) is 5.92 Å². The molecule has 1 fully saturated rings. The van der Waals surface area contributed by atoms with Crippen LogP contribution in [0, 0.1) is 17.6 Å². The van der Waals surface area contributed by atoms with E-state index >= 15 is 0 Å². The second-order valence-electron chi connectivity index (χ2n) is 6.13. The summed E-state index contributed by atoms with van der Waals surface area (Å²) >= 11 is 0. The molecule has 1 saturated heterocycles. The quantitative estimate of drug-likeness (QED) is 0.772. The molecule has 1 aromatic rings. The number of rotatable bonds is 4. The third kappa shape index (κ3) is 3.19. The van der Waals surface area contributed by atoms with Gasteiger partial charge in [-0.3, -0.25) is 10.1 Å². The molecule has 1 aromatic carbocycles. The maximum atomic E-state index is 13.9. The minimum atomic E-state index is -4.89. The van der Waals surface area contributed by atoms with Crippen LogP contribution in [0.15, 0.2) is 12.1 Å². The molecule has 0 bridgehead atoms. The fraction of sp³-hybridized carbons (Fsp3) is 0.533. The summed E-state index contributed by atoms with van der Waals surface area (Å²) in [5, 5.41) is 11.2. The lowest BCUT2D eigenvalue weighted by atomic mass is 9.77. The Morgan fingerprint density at radius 2 is 1.88 bits per heavy atom. The van der Waals surface area contributed by atoms with Crippen molar-refractivity contribution in [1.82, 2.24) is 5.32 Å². The van der Waals surface area contributed by atoms with Gasteiger partial charge in [-0.1, -0.05) is 13.0 Å². The molecule has 2 N–H and O–H groups in total. The normalized spacial score (nSPS) is 29.2. The molecule has 2 rings (SSSR count). The number of hydrogen-bond donors (Lipinski definition) is 2. The smallest absolute Gasteiger partial charge is 0.406 e. The Morgan fingerprint density at radius 3 is 2.35 bits per heavy atom. The molecule has 0 radical (unpaired) electrons. The molecule has 0 spiro atoms. The Labute approximate surface area is 142 Å². The van der Waals surface area contributed by atoms with Crippen LogP contribution in [0.25, 0.3) is 0 Å². The molecule has 11 heteroatoms. The topological polar surface area (TPSA) is 58.6 Å². The molecule has 0 aliphatic carbocycles. The van der Waals surface area contributed by atoms with E-state index in [1.165, 1.54) is 0 Å². The SMILES string of the molecule is C[C@H]1[C@@H](c2ccc(F)c(F)c2OC(F)F)[C@H](C(=O)O)N[C@@]1(C)C(F)(F)F. The zero-order valence-corrected chi connectivity index (χ0v) is 13.4. The maximum Gasteiger partial charge on any atom is 0.406 e. The number of nitrogens with one attached hydrogen (secondary N) is 1. The molecule has 0 saturated carbocycles. The lowest BCUT2D eigenvalue weighted by Gasteiger charge is -2.33. The first-order chi connectivity index (χ1) is 11.8. The van der Waals surface area contributed by atoms with Crippen molar-refractivity contribution in [2.75, 3.05) is 0 Å². The highest BCUT2D eigenvalue weighted by molar-refractivity contribution is 5.76. The van der Waals surface area contributed by atoms with E-state index in [1.807, 2.05) is 5.32 Å². The van der Waals surface area contributed by atoms with Gasteiger partial charge < -0.3 is 9.84 Å². The highest BCUT2D eigenvalue weighted by atomic mass is 19.4. The number of carboxylic acid groups (broad SMARTS) is 1. The summed E-state index contributed by atoms with van der Waals surface area (Å²) in [6, 6.07) is -0.629. The molecule has 0 unspecified atom stereocenters. The molecular formula is C15H14F7NO3. The summed E-state index contributed by atoms with van der Waals surface area (Å²) in [6.45, 7) is -1.84. The molecule has 1 aliphatic heterocycles. The maximum absolute atomic E-state index is 13.9. The minimum absolute atomic E-state index is 0.512. The Bertz CT molecular complexity index is 709. The summed E-state index contributed by atoms with van der Waals surface area (Å²) in [4.78, 5) is 11.4. The van der Waals surface area contributed by atoms with Crippen molar-refractivity contribution in [2.45, 2.75) is 44.1 Å². The zero-order chi connectivity index (χ0) is 20.0. The van der Waals surface area contributed by atoms with Crippen LogP contribution < -0.4 is 10.1 Å². The van der Waals surface area contributed by atoms with Crippen LogP contribution in [0.3, 0.4) is 0 Å². The Kier molecular flexibility index (Phi) is 5.15. The first-order valence-electron chi connectivity index (χ1n) is 7.31. The van der Waals surface area contributed by atoms with Crippen LogP contribution >= 0.6 is 0 Å². The van der Waals surface area contributed by atoms with Crippen molar-refractivity contribution >= 4 is 5.97 Å². The summed E-state index contributed by atoms with van der Waals surface area (Å²) < 4.78 is 96.7. The van der Waals surface area contributed by atoms with E-state index in [2.05, 4.69) is 4.74 Å². The van der Waals surface area contributed by atoms with E-state index in [1.54, 1.807) is 0 Å². The number of halogens is 7. The van der Waals surface area contributed by atoms with Gasteiger partial charge in [0, 0.05) is 11.5 Å². The number of aliphatic carboxylic acids is 1. The Morgan fingerprint density at radius 1 is 1.31 bits per heavy atom. The van der Waals surface area contributed by atoms with Crippen molar-refractivity contribution in [3.05, 3.63) is 29.3 Å². The Balaban J connectivity index is 2.65. The average Bonchev–Trinajstić information content (AvgIpc) is 2.77. The largest absolute Gasteiger partial charge is 0.480 e. The lowest BCUT2D eigenvalue weighted by molar-refractivity contribution is -0.198. The van der Waals surface area contributed by atoms with E-state index < -0.39 is 65.1 Å². The van der Waals surface area contributed by atoms with Crippen molar-refractivity contribution in [1.29, 1.82) is 0 Å². The molecule has 1 heterocycles. The van der Waals surface area contributed by atoms with E-state index in [0.717, 1.165) is 13.0 Å². The van der Waals surface area contributed by atoms with Gasteiger partial charge in [0.25, 0.3) is 0 Å². The summed E-state index contributed by atoms with van der Waals surface area (Å²) in [7, 11) is 0. The van der Waals surface area contributed by atoms with Crippen molar-refractivity contribution in [3.8, 4) is 5.75 Å². The van der Waals surface area contributed by atoms with Gasteiger partial charge in [-0.15, -0.1) is 0 Å². The first-order valence-corrected chi connectivity index (χ1v) is 7.31. The molecule has 0 aromatic heterocycles. The zero-order valence-electron chi connectivity index (χ0n) is 13.4. The van der Waals surface area contributed by atoms with E-state index in [9.17, 15) is 40.6 Å². The average molecular weight is 389 g/mol. The number of alkyl halides is 5. The van der Waals surface area contributed by atoms with Crippen LogP contribution in [-0.2, 0) is 4.79 Å². The number of hydrogen-bond acceptors (Lipinski definition) is 3. The van der Waals surface area contributed by atoms with Crippen molar-refractivity contribution in [3.63, 3.8) is 0 Å². The molecular weight excluding hydrogens is 375 g/mol. The van der Waals surface area contributed by atoms with Crippen LogP contribution in [0.4, 0.5) is 30.7 Å². The highest BCUT2D eigenvalue weighted by Gasteiger charge is 2.64. The first kappa shape index (κ1) is 20.3. The van der Waals surface area contributed by atoms with Gasteiger partial charge in [0.15, 0.2) is 11.6 Å². The summed E-state index contributed by atoms with van der Waals surface area (Å²) in [5.41, 5.74) is -3.29. The van der Waals surface area contributed by atoms with Crippen molar-refractivity contribution < 1.29 is 45.4 Å². The minimum Gasteiger partial charge on any atom is -0.480 e. The van der Waals surface area contributed by atoms with Gasteiger partial charge in [0.2, 0.25) is 5.82 Å². The van der Waals surface area contributed by atoms with Gasteiger partial charge in [-0.05, 0) is 18.9 Å². The predicted molar refractivity (Wildman–Crippen MR) is 73.9 cm³/mol. The Hall–Kier alpha value is -2.04. The van der Waals surface area contributed by atoms with E-state index in [-0.39, 0.29) is 0 Å². The van der Waals surface area contributed by atoms with Crippen LogP contribution in [-0.4, -0.2) is 35.4 Å². The van der Waals surface area contributed by atoms with Gasteiger partial charge in [-0.2, -0.15) is 26.3 Å². The highest BCUT2D eigenvalue weighted by Crippen LogP contribution is 2.51. The molecule has 26 heavy (non-hydrogen) atoms. The molecule has 146 valence electrons. The number of benzene rings is 1. The van der Waals surface area contributed by atoms with E-state index in [0.29, 0.717) is 13.0 Å². The standard InChI is InChI=1S/C15H14F7NO3/c1-5-8(10(12(24)25)23-14(5,2)15(20,21)22)6-3-4-7(16)9(17)11(6)26-13(18)19/h3-5,8,10,13,23H,1-2H3,(H,24,25)/t5-,8-,10+,14+/m0/s1. The van der Waals surface area contributed by atoms with Crippen LogP contribution in [0.1, 0.15) is 25.3 Å². The third-order valence-electron chi connectivity index (χ3n) is 4.77. The number of carboxylic acids is 1. The molecule has 4 atom stereocenters. The molecule has 4 nitrogen and oxygen atoms in total. The summed E-state index contributed by atoms with van der Waals surface area (Å²) in [5.74, 6) is -9.54. The second kappa shape index (κ2) is 6.60. The number of ether oxygens (including phenoxy) is 1. The lowest BCUT2D eigenvalue weighted by Crippen LogP contribution is -2.56. The number of carbonyl (C=O) groups is 1. The third-order valence-corrected chi connectivity index (χ3v) is 4.77. The van der Waals surface area contributed by atoms with Gasteiger partial charge in [0.1, 0.15) is 11.6 Å². The fourth-order valence-corrected chi connectivity index (χ4v) is 3.21. The van der Waals surface area contributed by atoms with Gasteiger partial charge in [-0.25, -0.2) is 4.39 Å². The monoisotopic (exact) mass is 389 g/mol. The van der Waals surface area contributed by atoms with Gasteiger partial charge >= 0.3 is 18.8 Å². The second-order valence-corrected chi connectivity index (χ2v) is 6.13. The van der Waals surface area contributed by atoms with E-state index in [4.69, 9.17) is 0 Å².